The van der Waals surface area contributed by atoms with E-state index in [0.717, 1.165) is 37.4 Å². The summed E-state index contributed by atoms with van der Waals surface area (Å²) in [6, 6.07) is 2.07. The van der Waals surface area contributed by atoms with E-state index in [-0.39, 0.29) is 24.0 Å². The predicted octanol–water partition coefficient (Wildman–Crippen LogP) is 0.612. The highest BCUT2D eigenvalue weighted by molar-refractivity contribution is 14.0. The fraction of sp³-hybridized carbons (Fsp3) is 0.714. The third-order valence-electron chi connectivity index (χ3n) is 3.18. The van der Waals surface area contributed by atoms with Gasteiger partial charge in [-0.3, -0.25) is 9.67 Å². The number of guanidine groups is 1. The average Bonchev–Trinajstić information content (AvgIpc) is 2.77. The molecule has 0 saturated heterocycles. The summed E-state index contributed by atoms with van der Waals surface area (Å²) in [4.78, 5) is 4.13. The largest absolute Gasteiger partial charge is 0.356 e. The maximum absolute atomic E-state index is 10.9. The highest BCUT2D eigenvalue weighted by Gasteiger charge is 2.02. The van der Waals surface area contributed by atoms with Crippen LogP contribution in [0.4, 0.5) is 0 Å². The molecule has 0 atom stereocenters. The Balaban J connectivity index is 0.00000529. The first-order valence-electron chi connectivity index (χ1n) is 7.72. The SMILES string of the molecule is CN=C(NCCCNS(C)(=O)=O)NCCCn1nc(C)cc1C.I. The minimum absolute atomic E-state index is 0. The van der Waals surface area contributed by atoms with Crippen molar-refractivity contribution in [2.45, 2.75) is 33.2 Å². The zero-order valence-corrected chi connectivity index (χ0v) is 17.9. The molecule has 0 aliphatic carbocycles. The number of nitrogens with zero attached hydrogens (tertiary/aromatic N) is 3. The molecule has 1 rings (SSSR count). The zero-order chi connectivity index (χ0) is 17.3. The summed E-state index contributed by atoms with van der Waals surface area (Å²) in [5.41, 5.74) is 2.21. The molecule has 8 nitrogen and oxygen atoms in total. The normalized spacial score (nSPS) is 11.9. The second-order valence-corrected chi connectivity index (χ2v) is 7.28. The van der Waals surface area contributed by atoms with Crippen LogP contribution in [0.5, 0.6) is 0 Å². The molecule has 24 heavy (non-hydrogen) atoms. The van der Waals surface area contributed by atoms with E-state index in [1.165, 1.54) is 5.69 Å². The van der Waals surface area contributed by atoms with E-state index >= 15 is 0 Å². The van der Waals surface area contributed by atoms with Crippen LogP contribution < -0.4 is 15.4 Å². The van der Waals surface area contributed by atoms with Gasteiger partial charge in [0.25, 0.3) is 0 Å². The molecule has 0 aromatic carbocycles. The highest BCUT2D eigenvalue weighted by Crippen LogP contribution is 2.02. The van der Waals surface area contributed by atoms with Crippen molar-refractivity contribution in [3.8, 4) is 0 Å². The molecule has 0 amide bonds. The van der Waals surface area contributed by atoms with Crippen LogP contribution in [0, 0.1) is 13.8 Å². The van der Waals surface area contributed by atoms with E-state index in [4.69, 9.17) is 0 Å². The van der Waals surface area contributed by atoms with Crippen LogP contribution in [0.2, 0.25) is 0 Å². The number of hydrogen-bond donors (Lipinski definition) is 3. The lowest BCUT2D eigenvalue weighted by Gasteiger charge is -2.12. The van der Waals surface area contributed by atoms with Crippen molar-refractivity contribution in [3.63, 3.8) is 0 Å². The van der Waals surface area contributed by atoms with Gasteiger partial charge in [-0.05, 0) is 32.8 Å². The van der Waals surface area contributed by atoms with Crippen molar-refractivity contribution < 1.29 is 8.42 Å². The molecule has 0 unspecified atom stereocenters. The van der Waals surface area contributed by atoms with Gasteiger partial charge in [0, 0.05) is 38.9 Å². The van der Waals surface area contributed by atoms with Crippen LogP contribution >= 0.6 is 24.0 Å². The smallest absolute Gasteiger partial charge is 0.208 e. The van der Waals surface area contributed by atoms with Crippen LogP contribution in [-0.4, -0.2) is 57.1 Å². The number of nitrogens with one attached hydrogen (secondary N) is 3. The average molecular weight is 472 g/mol. The lowest BCUT2D eigenvalue weighted by atomic mass is 10.4. The summed E-state index contributed by atoms with van der Waals surface area (Å²) in [5.74, 6) is 0.720. The summed E-state index contributed by atoms with van der Waals surface area (Å²) >= 11 is 0. The van der Waals surface area contributed by atoms with Gasteiger partial charge in [0.15, 0.2) is 5.96 Å². The monoisotopic (exact) mass is 472 g/mol. The summed E-state index contributed by atoms with van der Waals surface area (Å²) in [7, 11) is -1.39. The first kappa shape index (κ1) is 23.1. The summed E-state index contributed by atoms with van der Waals surface area (Å²) in [6.07, 6.45) is 2.79. The number of aryl methyl sites for hydroxylation is 3. The summed E-state index contributed by atoms with van der Waals surface area (Å²) < 4.78 is 26.3. The zero-order valence-electron chi connectivity index (χ0n) is 14.8. The van der Waals surface area contributed by atoms with Crippen molar-refractivity contribution in [1.29, 1.82) is 0 Å². The first-order chi connectivity index (χ1) is 10.8. The minimum atomic E-state index is -3.11. The quantitative estimate of drug-likeness (QED) is 0.212. The summed E-state index contributed by atoms with van der Waals surface area (Å²) in [6.45, 7) is 6.77. The van der Waals surface area contributed by atoms with Gasteiger partial charge < -0.3 is 10.6 Å². The molecule has 0 saturated carbocycles. The maximum atomic E-state index is 10.9. The first-order valence-corrected chi connectivity index (χ1v) is 9.61. The number of rotatable bonds is 9. The Morgan fingerprint density at radius 3 is 2.33 bits per heavy atom. The fourth-order valence-electron chi connectivity index (χ4n) is 2.11. The molecule has 0 bridgehead atoms. The van der Waals surface area contributed by atoms with E-state index in [1.54, 1.807) is 7.05 Å². The van der Waals surface area contributed by atoms with E-state index in [9.17, 15) is 8.42 Å². The molecule has 0 spiro atoms. The Hall–Kier alpha value is -0.880. The van der Waals surface area contributed by atoms with Gasteiger partial charge in [-0.1, -0.05) is 0 Å². The Labute approximate surface area is 162 Å². The number of aromatic nitrogens is 2. The number of aliphatic imine (C=N–C) groups is 1. The fourth-order valence-corrected chi connectivity index (χ4v) is 2.63. The van der Waals surface area contributed by atoms with Crippen LogP contribution in [0.3, 0.4) is 0 Å². The van der Waals surface area contributed by atoms with Crippen molar-refractivity contribution in [3.05, 3.63) is 17.5 Å². The third-order valence-corrected chi connectivity index (χ3v) is 3.90. The predicted molar refractivity (Wildman–Crippen MR) is 109 cm³/mol. The summed E-state index contributed by atoms with van der Waals surface area (Å²) in [5, 5.41) is 10.8. The van der Waals surface area contributed by atoms with Crippen LogP contribution in [-0.2, 0) is 16.6 Å². The third kappa shape index (κ3) is 10.1. The van der Waals surface area contributed by atoms with Gasteiger partial charge in [-0.2, -0.15) is 5.10 Å². The molecule has 0 aliphatic heterocycles. The van der Waals surface area contributed by atoms with Gasteiger partial charge in [-0.15, -0.1) is 24.0 Å². The topological polar surface area (TPSA) is 100 Å². The Kier molecular flexibility index (Phi) is 11.2. The standard InChI is InChI=1S/C14H28N6O2S.HI/c1-12-11-13(2)20(19-12)10-6-8-17-14(15-3)16-7-5-9-18-23(4,21)22;/h11,18H,5-10H2,1-4H3,(H2,15,16,17);1H. The van der Waals surface area contributed by atoms with Crippen molar-refractivity contribution in [2.24, 2.45) is 4.99 Å². The second kappa shape index (κ2) is 11.6. The van der Waals surface area contributed by atoms with Gasteiger partial charge >= 0.3 is 0 Å². The van der Waals surface area contributed by atoms with Gasteiger partial charge in [-0.25, -0.2) is 13.1 Å². The molecule has 0 fully saturated rings. The maximum Gasteiger partial charge on any atom is 0.208 e. The molecule has 140 valence electrons. The van der Waals surface area contributed by atoms with E-state index in [1.807, 2.05) is 11.6 Å². The second-order valence-electron chi connectivity index (χ2n) is 5.45. The number of sulfonamides is 1. The van der Waals surface area contributed by atoms with Crippen LogP contribution in [0.1, 0.15) is 24.2 Å². The van der Waals surface area contributed by atoms with Gasteiger partial charge in [0.05, 0.1) is 11.9 Å². The van der Waals surface area contributed by atoms with Gasteiger partial charge in [0.2, 0.25) is 10.0 Å². The van der Waals surface area contributed by atoms with Crippen LogP contribution in [0.15, 0.2) is 11.1 Å². The van der Waals surface area contributed by atoms with E-state index in [2.05, 4.69) is 38.4 Å². The molecule has 0 aliphatic rings. The van der Waals surface area contributed by atoms with Crippen molar-refractivity contribution in [2.75, 3.05) is 32.9 Å². The van der Waals surface area contributed by atoms with Crippen molar-refractivity contribution >= 4 is 40.0 Å². The number of hydrogen-bond acceptors (Lipinski definition) is 4. The molecular weight excluding hydrogens is 443 g/mol. The van der Waals surface area contributed by atoms with E-state index < -0.39 is 10.0 Å². The molecule has 1 heterocycles. The molecule has 3 N–H and O–H groups in total. The Morgan fingerprint density at radius 2 is 1.83 bits per heavy atom. The number of halogens is 1. The molecule has 10 heteroatoms. The lowest BCUT2D eigenvalue weighted by Crippen LogP contribution is -2.39. The highest BCUT2D eigenvalue weighted by atomic mass is 127. The Morgan fingerprint density at radius 1 is 1.21 bits per heavy atom. The van der Waals surface area contributed by atoms with E-state index in [0.29, 0.717) is 19.5 Å². The lowest BCUT2D eigenvalue weighted by molar-refractivity contribution is 0.554. The van der Waals surface area contributed by atoms with Gasteiger partial charge in [0.1, 0.15) is 0 Å². The van der Waals surface area contributed by atoms with Crippen molar-refractivity contribution in [1.82, 2.24) is 25.1 Å². The van der Waals surface area contributed by atoms with Crippen LogP contribution in [0.25, 0.3) is 0 Å². The minimum Gasteiger partial charge on any atom is -0.356 e. The molecule has 0 radical (unpaired) electrons. The molecular formula is C14H29IN6O2S. The molecule has 1 aromatic heterocycles. The molecule has 1 aromatic rings. The Bertz CT molecular complexity index is 615.